The molecule has 134 valence electrons. The fourth-order valence-corrected chi connectivity index (χ4v) is 3.34. The number of aromatic nitrogens is 2. The third-order valence-corrected chi connectivity index (χ3v) is 4.99. The van der Waals surface area contributed by atoms with Gasteiger partial charge in [0.1, 0.15) is 11.6 Å². The summed E-state index contributed by atoms with van der Waals surface area (Å²) in [6.07, 6.45) is 2.43. The zero-order valence-electron chi connectivity index (χ0n) is 15.1. The van der Waals surface area contributed by atoms with Crippen LogP contribution in [0.25, 0.3) is 22.0 Å². The van der Waals surface area contributed by atoms with Crippen molar-refractivity contribution < 1.29 is 4.74 Å². The minimum Gasteiger partial charge on any atom is -0.489 e. The van der Waals surface area contributed by atoms with Gasteiger partial charge >= 0.3 is 0 Å². The van der Waals surface area contributed by atoms with Crippen molar-refractivity contribution in [2.75, 3.05) is 0 Å². The molecule has 0 bridgehead atoms. The number of aryl methyl sites for hydroxylation is 1. The number of benzene rings is 2. The molecule has 1 N–H and O–H groups in total. The first kappa shape index (κ1) is 17.1. The Morgan fingerprint density at radius 1 is 1.23 bits per heavy atom. The Morgan fingerprint density at radius 3 is 2.69 bits per heavy atom. The van der Waals surface area contributed by atoms with Crippen LogP contribution in [0.4, 0.5) is 0 Å². The number of rotatable bonds is 4. The maximum Gasteiger partial charge on any atom is 0.258 e. The number of nitrogens with one attached hydrogen (secondary N) is 1. The first-order valence-electron chi connectivity index (χ1n) is 8.93. The lowest BCUT2D eigenvalue weighted by Crippen LogP contribution is -2.10. The SMILES string of the molecule is Cc1nc2cc(C(C)C)c(-c3ccc(Cl)c(OC4CC4)c3)cc2c(=O)[nH]1. The molecule has 0 radical (unpaired) electrons. The second-order valence-corrected chi connectivity index (χ2v) is 7.63. The Hall–Kier alpha value is -2.33. The molecule has 0 spiro atoms. The van der Waals surface area contributed by atoms with Crippen LogP contribution in [0.15, 0.2) is 35.1 Å². The summed E-state index contributed by atoms with van der Waals surface area (Å²) in [5.41, 5.74) is 3.76. The topological polar surface area (TPSA) is 55.0 Å². The van der Waals surface area contributed by atoms with Gasteiger partial charge in [-0.3, -0.25) is 4.79 Å². The minimum absolute atomic E-state index is 0.118. The van der Waals surface area contributed by atoms with Crippen molar-refractivity contribution in [2.24, 2.45) is 0 Å². The van der Waals surface area contributed by atoms with Crippen LogP contribution < -0.4 is 10.3 Å². The summed E-state index contributed by atoms with van der Waals surface area (Å²) < 4.78 is 5.93. The van der Waals surface area contributed by atoms with Gasteiger partial charge in [-0.1, -0.05) is 31.5 Å². The zero-order valence-corrected chi connectivity index (χ0v) is 15.9. The Morgan fingerprint density at radius 2 is 2.00 bits per heavy atom. The molecule has 1 fully saturated rings. The molecule has 1 saturated carbocycles. The van der Waals surface area contributed by atoms with Gasteiger partial charge in [-0.15, -0.1) is 0 Å². The predicted molar refractivity (Wildman–Crippen MR) is 105 cm³/mol. The molecule has 1 aliphatic carbocycles. The van der Waals surface area contributed by atoms with Crippen LogP contribution >= 0.6 is 11.6 Å². The van der Waals surface area contributed by atoms with Crippen LogP contribution in [-0.4, -0.2) is 16.1 Å². The lowest BCUT2D eigenvalue weighted by atomic mass is 9.91. The third-order valence-electron chi connectivity index (χ3n) is 4.68. The number of ether oxygens (including phenoxy) is 1. The molecule has 0 unspecified atom stereocenters. The average Bonchev–Trinajstić information content (AvgIpc) is 3.40. The average molecular weight is 369 g/mol. The molecule has 0 aliphatic heterocycles. The van der Waals surface area contributed by atoms with Gasteiger partial charge in [-0.05, 0) is 66.6 Å². The van der Waals surface area contributed by atoms with E-state index in [1.807, 2.05) is 30.3 Å². The van der Waals surface area contributed by atoms with Gasteiger partial charge in [-0.25, -0.2) is 4.98 Å². The van der Waals surface area contributed by atoms with Crippen molar-refractivity contribution in [1.29, 1.82) is 0 Å². The number of H-pyrrole nitrogens is 1. The number of aromatic amines is 1. The summed E-state index contributed by atoms with van der Waals surface area (Å²) >= 11 is 6.31. The van der Waals surface area contributed by atoms with E-state index in [1.54, 1.807) is 6.92 Å². The molecule has 4 rings (SSSR count). The van der Waals surface area contributed by atoms with Gasteiger partial charge in [0.2, 0.25) is 0 Å². The summed E-state index contributed by atoms with van der Waals surface area (Å²) in [5, 5.41) is 1.21. The van der Waals surface area contributed by atoms with E-state index in [2.05, 4.69) is 23.8 Å². The highest BCUT2D eigenvalue weighted by atomic mass is 35.5. The normalized spacial score (nSPS) is 14.2. The molecule has 2 aromatic carbocycles. The third kappa shape index (κ3) is 3.21. The molecule has 1 heterocycles. The summed E-state index contributed by atoms with van der Waals surface area (Å²) in [6.45, 7) is 6.08. The number of nitrogens with zero attached hydrogens (tertiary/aromatic N) is 1. The van der Waals surface area contributed by atoms with Crippen LogP contribution in [0.5, 0.6) is 5.75 Å². The van der Waals surface area contributed by atoms with E-state index in [9.17, 15) is 4.79 Å². The van der Waals surface area contributed by atoms with Crippen molar-refractivity contribution in [3.8, 4) is 16.9 Å². The molecule has 0 atom stereocenters. The highest BCUT2D eigenvalue weighted by molar-refractivity contribution is 6.32. The fourth-order valence-electron chi connectivity index (χ4n) is 3.17. The van der Waals surface area contributed by atoms with E-state index in [0.29, 0.717) is 27.9 Å². The van der Waals surface area contributed by atoms with Crippen LogP contribution in [0.2, 0.25) is 5.02 Å². The minimum atomic E-state index is -0.118. The molecule has 5 heteroatoms. The number of hydrogen-bond donors (Lipinski definition) is 1. The maximum atomic E-state index is 12.4. The Bertz CT molecular complexity index is 1050. The summed E-state index contributed by atoms with van der Waals surface area (Å²) in [7, 11) is 0. The highest BCUT2D eigenvalue weighted by Gasteiger charge is 2.25. The first-order chi connectivity index (χ1) is 12.4. The smallest absolute Gasteiger partial charge is 0.258 e. The van der Waals surface area contributed by atoms with E-state index < -0.39 is 0 Å². The summed E-state index contributed by atoms with van der Waals surface area (Å²) in [5.74, 6) is 1.62. The molecule has 0 saturated heterocycles. The van der Waals surface area contributed by atoms with Crippen LogP contribution in [-0.2, 0) is 0 Å². The maximum absolute atomic E-state index is 12.4. The van der Waals surface area contributed by atoms with Gasteiger partial charge in [-0.2, -0.15) is 0 Å². The Kier molecular flexibility index (Phi) is 4.23. The van der Waals surface area contributed by atoms with E-state index in [4.69, 9.17) is 16.3 Å². The van der Waals surface area contributed by atoms with Gasteiger partial charge in [0.15, 0.2) is 0 Å². The summed E-state index contributed by atoms with van der Waals surface area (Å²) in [4.78, 5) is 19.7. The van der Waals surface area contributed by atoms with Crippen molar-refractivity contribution in [2.45, 2.75) is 45.6 Å². The predicted octanol–water partition coefficient (Wildman–Crippen LogP) is 5.22. The number of fused-ring (bicyclic) bond motifs is 1. The molecular weight excluding hydrogens is 348 g/mol. The van der Waals surface area contributed by atoms with E-state index in [0.717, 1.165) is 35.0 Å². The second kappa shape index (κ2) is 6.44. The van der Waals surface area contributed by atoms with E-state index in [1.165, 1.54) is 0 Å². The lowest BCUT2D eigenvalue weighted by molar-refractivity contribution is 0.303. The van der Waals surface area contributed by atoms with Crippen molar-refractivity contribution in [3.63, 3.8) is 0 Å². The lowest BCUT2D eigenvalue weighted by Gasteiger charge is -2.16. The largest absolute Gasteiger partial charge is 0.489 e. The summed E-state index contributed by atoms with van der Waals surface area (Å²) in [6, 6.07) is 9.77. The van der Waals surface area contributed by atoms with E-state index in [-0.39, 0.29) is 11.7 Å². The van der Waals surface area contributed by atoms with Gasteiger partial charge < -0.3 is 9.72 Å². The van der Waals surface area contributed by atoms with Gasteiger partial charge in [0.25, 0.3) is 5.56 Å². The van der Waals surface area contributed by atoms with Crippen molar-refractivity contribution >= 4 is 22.5 Å². The van der Waals surface area contributed by atoms with Gasteiger partial charge in [0.05, 0.1) is 22.0 Å². The molecule has 26 heavy (non-hydrogen) atoms. The molecule has 1 aromatic heterocycles. The molecule has 3 aromatic rings. The van der Waals surface area contributed by atoms with Crippen LogP contribution in [0.3, 0.4) is 0 Å². The quantitative estimate of drug-likeness (QED) is 0.687. The number of hydrogen-bond acceptors (Lipinski definition) is 3. The monoisotopic (exact) mass is 368 g/mol. The fraction of sp³-hybridized carbons (Fsp3) is 0.333. The highest BCUT2D eigenvalue weighted by Crippen LogP contribution is 2.38. The molecule has 4 nitrogen and oxygen atoms in total. The van der Waals surface area contributed by atoms with Crippen LogP contribution in [0, 0.1) is 6.92 Å². The molecule has 0 amide bonds. The van der Waals surface area contributed by atoms with Crippen molar-refractivity contribution in [3.05, 3.63) is 57.1 Å². The second-order valence-electron chi connectivity index (χ2n) is 7.23. The molecular formula is C21H21ClN2O2. The molecule has 1 aliphatic rings. The zero-order chi connectivity index (χ0) is 18.4. The Labute approximate surface area is 157 Å². The Balaban J connectivity index is 1.92. The standard InChI is InChI=1S/C21H21ClN2O2/c1-11(2)15-10-19-17(21(25)24-12(3)23-19)9-16(15)13-4-7-18(22)20(8-13)26-14-5-6-14/h4,7-11,14H,5-6H2,1-3H3,(H,23,24,25). The van der Waals surface area contributed by atoms with E-state index >= 15 is 0 Å². The van der Waals surface area contributed by atoms with Gasteiger partial charge in [0, 0.05) is 0 Å². The van der Waals surface area contributed by atoms with Crippen LogP contribution in [0.1, 0.15) is 44.0 Å². The first-order valence-corrected chi connectivity index (χ1v) is 9.31. The number of halogens is 1. The van der Waals surface area contributed by atoms with Crippen molar-refractivity contribution in [1.82, 2.24) is 9.97 Å².